The van der Waals surface area contributed by atoms with Crippen molar-refractivity contribution in [1.29, 1.82) is 0 Å². The summed E-state index contributed by atoms with van der Waals surface area (Å²) in [6, 6.07) is 4.63. The maximum absolute atomic E-state index is 11.7. The van der Waals surface area contributed by atoms with Crippen LogP contribution in [0.5, 0.6) is 0 Å². The highest BCUT2D eigenvalue weighted by Crippen LogP contribution is 2.29. The van der Waals surface area contributed by atoms with Gasteiger partial charge in [0.1, 0.15) is 5.78 Å². The first-order valence-corrected chi connectivity index (χ1v) is 6.88. The first-order valence-electron chi connectivity index (χ1n) is 6.50. The molecule has 0 aliphatic rings. The molecule has 0 aliphatic carbocycles. The van der Waals surface area contributed by atoms with Crippen LogP contribution in [-0.2, 0) is 19.1 Å². The Morgan fingerprint density at radius 1 is 1.36 bits per heavy atom. The van der Waals surface area contributed by atoms with E-state index in [1.165, 1.54) is 20.1 Å². The van der Waals surface area contributed by atoms with Gasteiger partial charge in [0.05, 0.1) is 30.0 Å². The Balaban J connectivity index is 3.10. The van der Waals surface area contributed by atoms with Crippen molar-refractivity contribution in [3.8, 4) is 0 Å². The van der Waals surface area contributed by atoms with Gasteiger partial charge in [0, 0.05) is 6.21 Å². The van der Waals surface area contributed by atoms with Crippen LogP contribution in [0.25, 0.3) is 0 Å². The number of ether oxygens (including phenoxy) is 2. The van der Waals surface area contributed by atoms with Crippen molar-refractivity contribution in [2.24, 2.45) is 10.9 Å². The third kappa shape index (κ3) is 4.39. The molecule has 0 saturated heterocycles. The second-order valence-electron chi connectivity index (χ2n) is 4.25. The van der Waals surface area contributed by atoms with Gasteiger partial charge < -0.3 is 9.47 Å². The van der Waals surface area contributed by atoms with Crippen molar-refractivity contribution in [1.82, 2.24) is 0 Å². The van der Waals surface area contributed by atoms with Crippen LogP contribution >= 0.6 is 11.6 Å². The lowest BCUT2D eigenvalue weighted by Gasteiger charge is -2.07. The third-order valence-electron chi connectivity index (χ3n) is 2.73. The molecule has 0 spiro atoms. The van der Waals surface area contributed by atoms with Crippen LogP contribution < -0.4 is 0 Å². The highest BCUT2D eigenvalue weighted by atomic mass is 35.5. The summed E-state index contributed by atoms with van der Waals surface area (Å²) in [5, 5.41) is 0.0874. The zero-order valence-corrected chi connectivity index (χ0v) is 13.2. The Morgan fingerprint density at radius 3 is 2.59 bits per heavy atom. The van der Waals surface area contributed by atoms with Gasteiger partial charge in [-0.25, -0.2) is 4.79 Å². The van der Waals surface area contributed by atoms with Crippen LogP contribution in [-0.4, -0.2) is 37.7 Å². The Kier molecular flexibility index (Phi) is 6.72. The molecule has 118 valence electrons. The molecule has 1 aromatic rings. The third-order valence-corrected chi connectivity index (χ3v) is 3.13. The monoisotopic (exact) mass is 325 g/mol. The number of carbonyl (C=O) groups is 3. The summed E-state index contributed by atoms with van der Waals surface area (Å²) >= 11 is 6.10. The average molecular weight is 326 g/mol. The molecule has 0 saturated carbocycles. The van der Waals surface area contributed by atoms with Crippen LogP contribution in [0.3, 0.4) is 0 Å². The normalized spacial score (nSPS) is 12.0. The Morgan fingerprint density at radius 2 is 2.05 bits per heavy atom. The first-order chi connectivity index (χ1) is 10.4. The van der Waals surface area contributed by atoms with Gasteiger partial charge in [-0.2, -0.15) is 0 Å². The standard InChI is InChI=1S/C15H16ClNO5/c1-4-22-15(20)10-6-5-7-12(13(10)16)17-8-11(9(2)18)14(19)21-3/h5-8,11H,4H2,1-3H3. The van der Waals surface area contributed by atoms with Gasteiger partial charge in [-0.1, -0.05) is 17.7 Å². The molecule has 1 atom stereocenters. The number of hydrogen-bond acceptors (Lipinski definition) is 6. The highest BCUT2D eigenvalue weighted by molar-refractivity contribution is 6.36. The number of ketones is 1. The summed E-state index contributed by atoms with van der Waals surface area (Å²) in [7, 11) is 1.18. The fraction of sp³-hybridized carbons (Fsp3) is 0.333. The van der Waals surface area contributed by atoms with E-state index in [9.17, 15) is 14.4 Å². The zero-order chi connectivity index (χ0) is 16.7. The Hall–Kier alpha value is -2.21. The minimum Gasteiger partial charge on any atom is -0.468 e. The molecule has 0 aliphatic heterocycles. The van der Waals surface area contributed by atoms with Crippen molar-refractivity contribution < 1.29 is 23.9 Å². The summed E-state index contributed by atoms with van der Waals surface area (Å²) in [6.45, 7) is 3.16. The molecule has 1 aromatic carbocycles. The SMILES string of the molecule is CCOC(=O)c1cccc(N=CC(C(C)=O)C(=O)OC)c1Cl. The van der Waals surface area contributed by atoms with Crippen LogP contribution in [0.15, 0.2) is 23.2 Å². The molecule has 0 N–H and O–H groups in total. The number of halogens is 1. The second kappa shape index (κ2) is 8.29. The predicted molar refractivity (Wildman–Crippen MR) is 81.7 cm³/mol. The van der Waals surface area contributed by atoms with Gasteiger partial charge in [0.2, 0.25) is 0 Å². The van der Waals surface area contributed by atoms with E-state index < -0.39 is 23.6 Å². The van der Waals surface area contributed by atoms with Crippen molar-refractivity contribution in [2.45, 2.75) is 13.8 Å². The van der Waals surface area contributed by atoms with Gasteiger partial charge in [-0.3, -0.25) is 14.6 Å². The van der Waals surface area contributed by atoms with E-state index >= 15 is 0 Å². The zero-order valence-electron chi connectivity index (χ0n) is 12.5. The highest BCUT2D eigenvalue weighted by Gasteiger charge is 2.22. The fourth-order valence-corrected chi connectivity index (χ4v) is 1.85. The number of rotatable bonds is 6. The molecule has 1 rings (SSSR count). The summed E-state index contributed by atoms with van der Waals surface area (Å²) in [6.07, 6.45) is 1.14. The lowest BCUT2D eigenvalue weighted by Crippen LogP contribution is -2.24. The molecule has 0 bridgehead atoms. The topological polar surface area (TPSA) is 82.0 Å². The fourth-order valence-electron chi connectivity index (χ4n) is 1.60. The maximum atomic E-state index is 11.7. The minimum absolute atomic E-state index is 0.0874. The van der Waals surface area contributed by atoms with Crippen LogP contribution in [0.4, 0.5) is 5.69 Å². The van der Waals surface area contributed by atoms with Crippen molar-refractivity contribution in [2.75, 3.05) is 13.7 Å². The van der Waals surface area contributed by atoms with E-state index in [1.807, 2.05) is 0 Å². The molecule has 0 heterocycles. The molecule has 22 heavy (non-hydrogen) atoms. The van der Waals surface area contributed by atoms with E-state index in [2.05, 4.69) is 9.73 Å². The Labute approximate surface area is 133 Å². The Bertz CT molecular complexity index is 612. The molecule has 6 nitrogen and oxygen atoms in total. The van der Waals surface area contributed by atoms with Crippen LogP contribution in [0.1, 0.15) is 24.2 Å². The summed E-state index contributed by atoms with van der Waals surface area (Å²) in [5.74, 6) is -2.81. The van der Waals surface area contributed by atoms with Crippen molar-refractivity contribution in [3.05, 3.63) is 28.8 Å². The van der Waals surface area contributed by atoms with Gasteiger partial charge >= 0.3 is 11.9 Å². The molecular weight excluding hydrogens is 310 g/mol. The van der Waals surface area contributed by atoms with Gasteiger partial charge in [-0.05, 0) is 26.0 Å². The largest absolute Gasteiger partial charge is 0.468 e. The predicted octanol–water partition coefficient (Wildman–Crippen LogP) is 2.60. The van der Waals surface area contributed by atoms with E-state index in [0.29, 0.717) is 0 Å². The second-order valence-corrected chi connectivity index (χ2v) is 4.63. The number of esters is 2. The molecule has 0 radical (unpaired) electrons. The number of hydrogen-bond donors (Lipinski definition) is 0. The summed E-state index contributed by atoms with van der Waals surface area (Å²) < 4.78 is 9.41. The van der Waals surface area contributed by atoms with Crippen LogP contribution in [0.2, 0.25) is 5.02 Å². The number of aliphatic imine (C=N–C) groups is 1. The van der Waals surface area contributed by atoms with Crippen molar-refractivity contribution >= 4 is 41.2 Å². The number of benzene rings is 1. The lowest BCUT2D eigenvalue weighted by molar-refractivity contribution is -0.145. The van der Waals surface area contributed by atoms with E-state index in [-0.39, 0.29) is 22.9 Å². The average Bonchev–Trinajstić information content (AvgIpc) is 2.48. The number of methoxy groups -OCH3 is 1. The molecular formula is C15H16ClNO5. The summed E-state index contributed by atoms with van der Waals surface area (Å²) in [4.78, 5) is 38.6. The molecule has 1 unspecified atom stereocenters. The molecule has 0 aromatic heterocycles. The number of carbonyl (C=O) groups excluding carboxylic acids is 3. The quantitative estimate of drug-likeness (QED) is 0.456. The van der Waals surface area contributed by atoms with E-state index in [0.717, 1.165) is 6.21 Å². The van der Waals surface area contributed by atoms with E-state index in [4.69, 9.17) is 16.3 Å². The molecule has 7 heteroatoms. The molecule has 0 amide bonds. The van der Waals surface area contributed by atoms with Gasteiger partial charge in [0.25, 0.3) is 0 Å². The number of Topliss-reactive ketones (excluding diaryl/α,β-unsaturated/α-hetero) is 1. The lowest BCUT2D eigenvalue weighted by atomic mass is 10.1. The first kappa shape index (κ1) is 17.8. The number of nitrogens with zero attached hydrogens (tertiary/aromatic N) is 1. The minimum atomic E-state index is -1.12. The van der Waals surface area contributed by atoms with Crippen molar-refractivity contribution in [3.63, 3.8) is 0 Å². The van der Waals surface area contributed by atoms with E-state index in [1.54, 1.807) is 19.1 Å². The molecule has 0 fully saturated rings. The van der Waals surface area contributed by atoms with Gasteiger partial charge in [0.15, 0.2) is 5.92 Å². The maximum Gasteiger partial charge on any atom is 0.339 e. The smallest absolute Gasteiger partial charge is 0.339 e. The van der Waals surface area contributed by atoms with Gasteiger partial charge in [-0.15, -0.1) is 0 Å². The van der Waals surface area contributed by atoms with Crippen LogP contribution in [0, 0.1) is 5.92 Å². The summed E-state index contributed by atoms with van der Waals surface area (Å²) in [5.41, 5.74) is 0.415.